The molecule has 1 atom stereocenters. The second-order valence-corrected chi connectivity index (χ2v) is 6.12. The van der Waals surface area contributed by atoms with E-state index < -0.39 is 0 Å². The van der Waals surface area contributed by atoms with Gasteiger partial charge in [-0.05, 0) is 37.6 Å². The summed E-state index contributed by atoms with van der Waals surface area (Å²) >= 11 is 0. The van der Waals surface area contributed by atoms with Crippen LogP contribution in [0.5, 0.6) is 5.75 Å². The molecule has 5 nitrogen and oxygen atoms in total. The minimum absolute atomic E-state index is 0.102. The van der Waals surface area contributed by atoms with Crippen LogP contribution in [0.25, 0.3) is 0 Å². The van der Waals surface area contributed by atoms with E-state index in [-0.39, 0.29) is 11.9 Å². The van der Waals surface area contributed by atoms with E-state index in [0.717, 1.165) is 11.3 Å². The molecule has 1 unspecified atom stereocenters. The zero-order chi connectivity index (χ0) is 19.1. The van der Waals surface area contributed by atoms with Crippen molar-refractivity contribution in [2.75, 3.05) is 17.2 Å². The SMILES string of the molecule is CCOc1ccccc1NC(=O)c1cncc(NC(C)c2ccccc2)c1. The number of nitrogens with one attached hydrogen (secondary N) is 2. The molecule has 0 bridgehead atoms. The number of nitrogens with zero attached hydrogens (tertiary/aromatic N) is 1. The Morgan fingerprint density at radius 1 is 1.07 bits per heavy atom. The van der Waals surface area contributed by atoms with Gasteiger partial charge in [0.25, 0.3) is 5.91 Å². The van der Waals surface area contributed by atoms with Gasteiger partial charge < -0.3 is 15.4 Å². The fourth-order valence-corrected chi connectivity index (χ4v) is 2.76. The van der Waals surface area contributed by atoms with Crippen molar-refractivity contribution < 1.29 is 9.53 Å². The number of carbonyl (C=O) groups excluding carboxylic acids is 1. The summed E-state index contributed by atoms with van der Waals surface area (Å²) in [6.45, 7) is 4.51. The number of anilines is 2. The summed E-state index contributed by atoms with van der Waals surface area (Å²) in [6.07, 6.45) is 3.27. The van der Waals surface area contributed by atoms with Gasteiger partial charge >= 0.3 is 0 Å². The average molecular weight is 361 g/mol. The van der Waals surface area contributed by atoms with E-state index >= 15 is 0 Å². The Balaban J connectivity index is 1.72. The highest BCUT2D eigenvalue weighted by Crippen LogP contribution is 2.25. The maximum atomic E-state index is 12.6. The van der Waals surface area contributed by atoms with Gasteiger partial charge in [0.1, 0.15) is 5.75 Å². The second-order valence-electron chi connectivity index (χ2n) is 6.12. The average Bonchev–Trinajstić information content (AvgIpc) is 2.70. The zero-order valence-corrected chi connectivity index (χ0v) is 15.5. The summed E-state index contributed by atoms with van der Waals surface area (Å²) in [5.74, 6) is 0.416. The van der Waals surface area contributed by atoms with Gasteiger partial charge in [-0.3, -0.25) is 9.78 Å². The topological polar surface area (TPSA) is 63.2 Å². The summed E-state index contributed by atoms with van der Waals surface area (Å²) in [5.41, 5.74) is 3.07. The number of aromatic nitrogens is 1. The lowest BCUT2D eigenvalue weighted by Crippen LogP contribution is -2.14. The van der Waals surface area contributed by atoms with Crippen LogP contribution in [0.2, 0.25) is 0 Å². The van der Waals surface area contributed by atoms with Gasteiger partial charge in [-0.2, -0.15) is 0 Å². The fourth-order valence-electron chi connectivity index (χ4n) is 2.76. The second kappa shape index (κ2) is 8.85. The van der Waals surface area contributed by atoms with Crippen LogP contribution in [0.3, 0.4) is 0 Å². The molecule has 1 amide bonds. The molecule has 0 aliphatic heterocycles. The van der Waals surface area contributed by atoms with Crippen molar-refractivity contribution in [3.05, 3.63) is 84.2 Å². The van der Waals surface area contributed by atoms with Crippen molar-refractivity contribution in [3.8, 4) is 5.75 Å². The van der Waals surface area contributed by atoms with Crippen molar-refractivity contribution in [2.24, 2.45) is 0 Å². The first-order chi connectivity index (χ1) is 13.2. The van der Waals surface area contributed by atoms with Gasteiger partial charge in [-0.15, -0.1) is 0 Å². The number of para-hydroxylation sites is 2. The van der Waals surface area contributed by atoms with E-state index in [2.05, 4.69) is 34.7 Å². The van der Waals surface area contributed by atoms with Gasteiger partial charge in [-0.1, -0.05) is 42.5 Å². The summed E-state index contributed by atoms with van der Waals surface area (Å²) < 4.78 is 5.56. The molecule has 27 heavy (non-hydrogen) atoms. The minimum Gasteiger partial charge on any atom is -0.492 e. The maximum absolute atomic E-state index is 12.6. The summed E-state index contributed by atoms with van der Waals surface area (Å²) in [7, 11) is 0. The summed E-state index contributed by atoms with van der Waals surface area (Å²) in [6, 6.07) is 19.4. The first kappa shape index (κ1) is 18.5. The third-order valence-electron chi connectivity index (χ3n) is 4.12. The molecular formula is C22H23N3O2. The van der Waals surface area contributed by atoms with Crippen molar-refractivity contribution in [2.45, 2.75) is 19.9 Å². The largest absolute Gasteiger partial charge is 0.492 e. The van der Waals surface area contributed by atoms with Gasteiger partial charge in [0, 0.05) is 18.4 Å². The highest BCUT2D eigenvalue weighted by Gasteiger charge is 2.12. The number of hydrogen-bond donors (Lipinski definition) is 2. The molecule has 1 heterocycles. The van der Waals surface area contributed by atoms with E-state index in [9.17, 15) is 4.79 Å². The maximum Gasteiger partial charge on any atom is 0.257 e. The van der Waals surface area contributed by atoms with E-state index in [1.165, 1.54) is 0 Å². The highest BCUT2D eigenvalue weighted by molar-refractivity contribution is 6.05. The lowest BCUT2D eigenvalue weighted by Gasteiger charge is -2.16. The Labute approximate surface area is 159 Å². The predicted octanol–water partition coefficient (Wildman–Crippen LogP) is 4.91. The standard InChI is InChI=1S/C22H23N3O2/c1-3-27-21-12-8-7-11-20(21)25-22(26)18-13-19(15-23-14-18)24-16(2)17-9-5-4-6-10-17/h4-16,24H,3H2,1-2H3,(H,25,26). The molecule has 3 rings (SSSR count). The number of ether oxygens (including phenoxy) is 1. The van der Waals surface area contributed by atoms with Gasteiger partial charge in [0.05, 0.1) is 23.5 Å². The van der Waals surface area contributed by atoms with E-state index in [1.54, 1.807) is 18.5 Å². The molecule has 3 aromatic rings. The van der Waals surface area contributed by atoms with Gasteiger partial charge in [0.2, 0.25) is 0 Å². The van der Waals surface area contributed by atoms with Crippen LogP contribution in [0.15, 0.2) is 73.1 Å². The van der Waals surface area contributed by atoms with Gasteiger partial charge in [0.15, 0.2) is 0 Å². The molecule has 0 radical (unpaired) electrons. The Morgan fingerprint density at radius 2 is 1.81 bits per heavy atom. The Morgan fingerprint density at radius 3 is 2.59 bits per heavy atom. The third-order valence-corrected chi connectivity index (χ3v) is 4.12. The molecule has 0 spiro atoms. The quantitative estimate of drug-likeness (QED) is 0.628. The molecular weight excluding hydrogens is 338 g/mol. The molecule has 0 saturated carbocycles. The zero-order valence-electron chi connectivity index (χ0n) is 15.5. The molecule has 138 valence electrons. The lowest BCUT2D eigenvalue weighted by molar-refractivity contribution is 0.102. The van der Waals surface area contributed by atoms with Crippen LogP contribution in [-0.4, -0.2) is 17.5 Å². The molecule has 0 saturated heterocycles. The van der Waals surface area contributed by atoms with Crippen LogP contribution in [0.1, 0.15) is 35.8 Å². The highest BCUT2D eigenvalue weighted by atomic mass is 16.5. The third kappa shape index (κ3) is 4.85. The molecule has 1 aromatic heterocycles. The number of carbonyl (C=O) groups is 1. The lowest BCUT2D eigenvalue weighted by atomic mass is 10.1. The van der Waals surface area contributed by atoms with Crippen molar-refractivity contribution in [1.82, 2.24) is 4.98 Å². The fraction of sp³-hybridized carbons (Fsp3) is 0.182. The molecule has 0 aliphatic rings. The number of amides is 1. The Kier molecular flexibility index (Phi) is 6.05. The van der Waals surface area contributed by atoms with E-state index in [4.69, 9.17) is 4.74 Å². The predicted molar refractivity (Wildman–Crippen MR) is 108 cm³/mol. The smallest absolute Gasteiger partial charge is 0.257 e. The summed E-state index contributed by atoms with van der Waals surface area (Å²) in [4.78, 5) is 16.8. The normalized spacial score (nSPS) is 11.5. The summed E-state index contributed by atoms with van der Waals surface area (Å²) in [5, 5.41) is 6.27. The molecule has 0 fully saturated rings. The molecule has 0 aliphatic carbocycles. The van der Waals surface area contributed by atoms with Crippen molar-refractivity contribution >= 4 is 17.3 Å². The van der Waals surface area contributed by atoms with Crippen LogP contribution < -0.4 is 15.4 Å². The van der Waals surface area contributed by atoms with Crippen LogP contribution >= 0.6 is 0 Å². The Bertz CT molecular complexity index is 897. The molecule has 2 N–H and O–H groups in total. The van der Waals surface area contributed by atoms with E-state index in [0.29, 0.717) is 23.6 Å². The van der Waals surface area contributed by atoms with Crippen LogP contribution in [-0.2, 0) is 0 Å². The van der Waals surface area contributed by atoms with Crippen LogP contribution in [0.4, 0.5) is 11.4 Å². The number of pyridine rings is 1. The minimum atomic E-state index is -0.231. The first-order valence-corrected chi connectivity index (χ1v) is 8.97. The number of rotatable bonds is 7. The Hall–Kier alpha value is -3.34. The van der Waals surface area contributed by atoms with E-state index in [1.807, 2.05) is 49.4 Å². The van der Waals surface area contributed by atoms with Crippen molar-refractivity contribution in [3.63, 3.8) is 0 Å². The first-order valence-electron chi connectivity index (χ1n) is 8.97. The van der Waals surface area contributed by atoms with Gasteiger partial charge in [-0.25, -0.2) is 0 Å². The van der Waals surface area contributed by atoms with Crippen LogP contribution in [0, 0.1) is 0 Å². The molecule has 2 aromatic carbocycles. The number of hydrogen-bond acceptors (Lipinski definition) is 4. The van der Waals surface area contributed by atoms with Crippen molar-refractivity contribution in [1.29, 1.82) is 0 Å². The molecule has 5 heteroatoms. The number of benzene rings is 2. The monoisotopic (exact) mass is 361 g/mol.